The maximum atomic E-state index is 13.3. The van der Waals surface area contributed by atoms with Crippen molar-refractivity contribution < 1.29 is 9.13 Å². The summed E-state index contributed by atoms with van der Waals surface area (Å²) < 4.78 is 19.0. The fourth-order valence-electron chi connectivity index (χ4n) is 2.74. The lowest BCUT2D eigenvalue weighted by molar-refractivity contribution is 0.324. The molecule has 0 saturated heterocycles. The van der Waals surface area contributed by atoms with Gasteiger partial charge in [0.1, 0.15) is 35.7 Å². The summed E-state index contributed by atoms with van der Waals surface area (Å²) in [4.78, 5) is 4.59. The molecule has 4 rings (SSSR count). The first kappa shape index (κ1) is 15.5. The van der Waals surface area contributed by atoms with E-state index in [1.54, 1.807) is 6.07 Å². The number of fused-ring (bicyclic) bond motifs is 3. The van der Waals surface area contributed by atoms with E-state index in [9.17, 15) is 9.65 Å². The van der Waals surface area contributed by atoms with E-state index in [4.69, 9.17) is 16.3 Å². The second-order valence-corrected chi connectivity index (χ2v) is 5.94. The van der Waals surface area contributed by atoms with Gasteiger partial charge in [-0.1, -0.05) is 11.6 Å². The monoisotopic (exact) mass is 354 g/mol. The van der Waals surface area contributed by atoms with Crippen molar-refractivity contribution in [2.75, 3.05) is 23.8 Å². The van der Waals surface area contributed by atoms with Crippen LogP contribution in [0.2, 0.25) is 5.02 Å². The first-order valence-electron chi connectivity index (χ1n) is 7.62. The highest BCUT2D eigenvalue weighted by molar-refractivity contribution is 6.31. The molecule has 3 aromatic rings. The lowest BCUT2D eigenvalue weighted by Crippen LogP contribution is -2.18. The Morgan fingerprint density at radius 1 is 1.28 bits per heavy atom. The first-order chi connectivity index (χ1) is 12.2. The SMILES string of the molecule is N#Cc1cc2ccc3c(c2nc1Nc1ccc(F)c(Cl)c1)NCCO3. The Bertz CT molecular complexity index is 1030. The fraction of sp³-hybridized carbons (Fsp3) is 0.111. The Balaban J connectivity index is 1.84. The van der Waals surface area contributed by atoms with Gasteiger partial charge >= 0.3 is 0 Å². The van der Waals surface area contributed by atoms with Crippen LogP contribution in [-0.4, -0.2) is 18.1 Å². The average molecular weight is 355 g/mol. The first-order valence-corrected chi connectivity index (χ1v) is 8.00. The molecule has 2 N–H and O–H groups in total. The molecule has 0 amide bonds. The molecule has 25 heavy (non-hydrogen) atoms. The molecule has 0 fully saturated rings. The number of ether oxygens (including phenoxy) is 1. The predicted molar refractivity (Wildman–Crippen MR) is 95.1 cm³/mol. The summed E-state index contributed by atoms with van der Waals surface area (Å²) in [5.74, 6) is 0.597. The Hall–Kier alpha value is -3.04. The van der Waals surface area contributed by atoms with Crippen LogP contribution < -0.4 is 15.4 Å². The van der Waals surface area contributed by atoms with Crippen molar-refractivity contribution in [3.8, 4) is 11.8 Å². The van der Waals surface area contributed by atoms with E-state index in [2.05, 4.69) is 21.7 Å². The molecule has 1 aliphatic rings. The van der Waals surface area contributed by atoms with E-state index in [0.29, 0.717) is 35.7 Å². The second kappa shape index (κ2) is 6.11. The van der Waals surface area contributed by atoms with Gasteiger partial charge in [-0.2, -0.15) is 5.26 Å². The number of rotatable bonds is 2. The zero-order valence-electron chi connectivity index (χ0n) is 12.9. The molecule has 0 atom stereocenters. The molecule has 0 unspecified atom stereocenters. The fourth-order valence-corrected chi connectivity index (χ4v) is 2.92. The quantitative estimate of drug-likeness (QED) is 0.711. The van der Waals surface area contributed by atoms with E-state index in [1.165, 1.54) is 18.2 Å². The summed E-state index contributed by atoms with van der Waals surface area (Å²) in [6.07, 6.45) is 0. The van der Waals surface area contributed by atoms with Crippen LogP contribution in [0, 0.1) is 17.1 Å². The lowest BCUT2D eigenvalue weighted by Gasteiger charge is -2.20. The van der Waals surface area contributed by atoms with Gasteiger partial charge < -0.3 is 15.4 Å². The van der Waals surface area contributed by atoms with Crippen molar-refractivity contribution in [1.82, 2.24) is 4.98 Å². The Morgan fingerprint density at radius 2 is 2.16 bits per heavy atom. The van der Waals surface area contributed by atoms with Crippen molar-refractivity contribution in [3.63, 3.8) is 0 Å². The van der Waals surface area contributed by atoms with Gasteiger partial charge in [0, 0.05) is 17.6 Å². The molecule has 5 nitrogen and oxygen atoms in total. The smallest absolute Gasteiger partial charge is 0.149 e. The maximum absolute atomic E-state index is 13.3. The van der Waals surface area contributed by atoms with Crippen LogP contribution in [0.15, 0.2) is 36.4 Å². The molecule has 0 saturated carbocycles. The van der Waals surface area contributed by atoms with Crippen LogP contribution in [0.1, 0.15) is 5.56 Å². The van der Waals surface area contributed by atoms with Gasteiger partial charge in [0.2, 0.25) is 0 Å². The molecule has 2 heterocycles. The highest BCUT2D eigenvalue weighted by Crippen LogP contribution is 2.36. The number of hydrogen-bond donors (Lipinski definition) is 2. The average Bonchev–Trinajstić information content (AvgIpc) is 2.64. The van der Waals surface area contributed by atoms with Crippen LogP contribution in [0.4, 0.5) is 21.6 Å². The third-order valence-electron chi connectivity index (χ3n) is 3.91. The van der Waals surface area contributed by atoms with E-state index in [-0.39, 0.29) is 5.02 Å². The number of aromatic nitrogens is 1. The number of halogens is 2. The minimum Gasteiger partial charge on any atom is -0.490 e. The van der Waals surface area contributed by atoms with Crippen LogP contribution in [0.5, 0.6) is 5.75 Å². The molecule has 0 radical (unpaired) electrons. The largest absolute Gasteiger partial charge is 0.490 e. The predicted octanol–water partition coefficient (Wildman–Crippen LogP) is 4.45. The van der Waals surface area contributed by atoms with Crippen molar-refractivity contribution >= 4 is 39.7 Å². The molecule has 0 bridgehead atoms. The van der Waals surface area contributed by atoms with Gasteiger partial charge in [-0.05, 0) is 36.4 Å². The van der Waals surface area contributed by atoms with Gasteiger partial charge in [-0.3, -0.25) is 0 Å². The standard InChI is InChI=1S/C18H12ClFN4O/c19-13-8-12(2-3-14(13)20)23-18-11(9-21)7-10-1-4-15-17(16(10)24-18)22-5-6-25-15/h1-4,7-8,22H,5-6H2,(H,23,24). The van der Waals surface area contributed by atoms with Crippen molar-refractivity contribution in [2.45, 2.75) is 0 Å². The normalized spacial score (nSPS) is 12.7. The van der Waals surface area contributed by atoms with Gasteiger partial charge in [0.05, 0.1) is 16.1 Å². The summed E-state index contributed by atoms with van der Waals surface area (Å²) in [5, 5.41) is 16.6. The third-order valence-corrected chi connectivity index (χ3v) is 4.20. The number of nitriles is 1. The second-order valence-electron chi connectivity index (χ2n) is 5.54. The van der Waals surface area contributed by atoms with Gasteiger partial charge in [0.25, 0.3) is 0 Å². The van der Waals surface area contributed by atoms with Gasteiger partial charge in [-0.15, -0.1) is 0 Å². The third kappa shape index (κ3) is 2.79. The van der Waals surface area contributed by atoms with Crippen molar-refractivity contribution in [3.05, 3.63) is 52.8 Å². The number of nitrogens with one attached hydrogen (secondary N) is 2. The van der Waals surface area contributed by atoms with E-state index < -0.39 is 5.82 Å². The zero-order valence-corrected chi connectivity index (χ0v) is 13.7. The highest BCUT2D eigenvalue weighted by Gasteiger charge is 2.17. The molecule has 124 valence electrons. The molecular weight excluding hydrogens is 343 g/mol. The molecule has 0 spiro atoms. The minimum atomic E-state index is -0.505. The minimum absolute atomic E-state index is 0.00302. The van der Waals surface area contributed by atoms with E-state index >= 15 is 0 Å². The number of pyridine rings is 1. The summed E-state index contributed by atoms with van der Waals surface area (Å²) in [7, 11) is 0. The maximum Gasteiger partial charge on any atom is 0.149 e. The summed E-state index contributed by atoms with van der Waals surface area (Å²) in [5.41, 5.74) is 2.42. The Kier molecular flexibility index (Phi) is 3.79. The van der Waals surface area contributed by atoms with Crippen LogP contribution in [-0.2, 0) is 0 Å². The number of nitrogens with zero attached hydrogens (tertiary/aromatic N) is 2. The van der Waals surface area contributed by atoms with Crippen molar-refractivity contribution in [1.29, 1.82) is 5.26 Å². The van der Waals surface area contributed by atoms with Crippen LogP contribution in [0.25, 0.3) is 10.9 Å². The topological polar surface area (TPSA) is 70.0 Å². The summed E-state index contributed by atoms with van der Waals surface area (Å²) >= 11 is 5.82. The lowest BCUT2D eigenvalue weighted by atomic mass is 10.1. The molecule has 1 aliphatic heterocycles. The Morgan fingerprint density at radius 3 is 2.96 bits per heavy atom. The molecular formula is C18H12ClFN4O. The summed E-state index contributed by atoms with van der Waals surface area (Å²) in [6.45, 7) is 1.28. The van der Waals surface area contributed by atoms with Gasteiger partial charge in [-0.25, -0.2) is 9.37 Å². The van der Waals surface area contributed by atoms with E-state index in [1.807, 2.05) is 12.1 Å². The molecule has 0 aliphatic carbocycles. The van der Waals surface area contributed by atoms with Crippen molar-refractivity contribution in [2.24, 2.45) is 0 Å². The Labute approximate surface area is 148 Å². The molecule has 2 aromatic carbocycles. The van der Waals surface area contributed by atoms with Crippen LogP contribution in [0.3, 0.4) is 0 Å². The molecule has 1 aromatic heterocycles. The zero-order chi connectivity index (χ0) is 17.4. The van der Waals surface area contributed by atoms with E-state index in [0.717, 1.165) is 16.8 Å². The van der Waals surface area contributed by atoms with Crippen LogP contribution >= 0.6 is 11.6 Å². The molecule has 7 heteroatoms. The number of hydrogen-bond acceptors (Lipinski definition) is 5. The number of benzene rings is 2. The highest BCUT2D eigenvalue weighted by atomic mass is 35.5. The van der Waals surface area contributed by atoms with Gasteiger partial charge in [0.15, 0.2) is 0 Å². The number of anilines is 3. The summed E-state index contributed by atoms with van der Waals surface area (Å²) in [6, 6.07) is 11.9.